The lowest BCUT2D eigenvalue weighted by Crippen LogP contribution is -2.21. The van der Waals surface area contributed by atoms with Crippen LogP contribution in [0.5, 0.6) is 0 Å². The summed E-state index contributed by atoms with van der Waals surface area (Å²) in [4.78, 5) is 11.6. The molecule has 2 heteroatoms. The smallest absolute Gasteiger partial charge is 0.176 e. The first kappa shape index (κ1) is 7.99. The summed E-state index contributed by atoms with van der Waals surface area (Å²) in [5, 5.41) is 0. The predicted octanol–water partition coefficient (Wildman–Crippen LogP) is 2.58. The quantitative estimate of drug-likeness (QED) is 0.620. The van der Waals surface area contributed by atoms with Gasteiger partial charge >= 0.3 is 0 Å². The lowest BCUT2D eigenvalue weighted by Gasteiger charge is -2.18. The molecule has 12 heavy (non-hydrogen) atoms. The third-order valence-electron chi connectivity index (χ3n) is 2.23. The molecule has 1 aromatic carbocycles. The standard InChI is InChI=1S/C10H9BrO/c11-9-6-5-7-3-1-2-4-8(7)10(9)12/h1-4,9H,5-6H2/t9-/m1/s1. The molecule has 0 aromatic heterocycles. The predicted molar refractivity (Wildman–Crippen MR) is 51.8 cm³/mol. The van der Waals surface area contributed by atoms with E-state index in [9.17, 15) is 4.79 Å². The average Bonchev–Trinajstić information content (AvgIpc) is 2.12. The Morgan fingerprint density at radius 1 is 1.33 bits per heavy atom. The van der Waals surface area contributed by atoms with Crippen molar-refractivity contribution in [3.8, 4) is 0 Å². The van der Waals surface area contributed by atoms with Crippen LogP contribution in [0.2, 0.25) is 0 Å². The van der Waals surface area contributed by atoms with E-state index in [-0.39, 0.29) is 10.6 Å². The fraction of sp³-hybridized carbons (Fsp3) is 0.300. The number of halogens is 1. The monoisotopic (exact) mass is 224 g/mol. The van der Waals surface area contributed by atoms with Crippen molar-refractivity contribution in [2.45, 2.75) is 17.7 Å². The first-order valence-corrected chi connectivity index (χ1v) is 4.97. The highest BCUT2D eigenvalue weighted by molar-refractivity contribution is 9.10. The van der Waals surface area contributed by atoms with E-state index in [1.807, 2.05) is 24.3 Å². The molecule has 0 fully saturated rings. The van der Waals surface area contributed by atoms with Crippen LogP contribution in [-0.4, -0.2) is 10.6 Å². The van der Waals surface area contributed by atoms with Gasteiger partial charge in [0.25, 0.3) is 0 Å². The maximum absolute atomic E-state index is 11.6. The Bertz CT molecular complexity index is 319. The number of alkyl halides is 1. The van der Waals surface area contributed by atoms with Crippen molar-refractivity contribution in [3.63, 3.8) is 0 Å². The molecule has 2 rings (SSSR count). The Hall–Kier alpha value is -0.630. The SMILES string of the molecule is O=C1c2ccccc2CC[C@H]1Br. The number of benzene rings is 1. The molecule has 1 aliphatic carbocycles. The molecular formula is C10H9BrO. The highest BCUT2D eigenvalue weighted by atomic mass is 79.9. The zero-order chi connectivity index (χ0) is 8.55. The van der Waals surface area contributed by atoms with Crippen LogP contribution in [0.1, 0.15) is 22.3 Å². The Balaban J connectivity index is 2.49. The van der Waals surface area contributed by atoms with Crippen LogP contribution in [0.3, 0.4) is 0 Å². The van der Waals surface area contributed by atoms with Gasteiger partial charge in [0.15, 0.2) is 5.78 Å². The van der Waals surface area contributed by atoms with E-state index in [2.05, 4.69) is 15.9 Å². The van der Waals surface area contributed by atoms with Gasteiger partial charge in [0.05, 0.1) is 4.83 Å². The number of carbonyl (C=O) groups is 1. The minimum atomic E-state index is 0.0346. The van der Waals surface area contributed by atoms with Gasteiger partial charge < -0.3 is 0 Å². The summed E-state index contributed by atoms with van der Waals surface area (Å²) in [6.07, 6.45) is 1.94. The topological polar surface area (TPSA) is 17.1 Å². The van der Waals surface area contributed by atoms with Crippen molar-refractivity contribution in [1.29, 1.82) is 0 Å². The molecule has 0 N–H and O–H groups in total. The number of ketones is 1. The molecule has 0 bridgehead atoms. The maximum atomic E-state index is 11.6. The Morgan fingerprint density at radius 2 is 2.08 bits per heavy atom. The molecule has 0 unspecified atom stereocenters. The third-order valence-corrected chi connectivity index (χ3v) is 3.11. The summed E-state index contributed by atoms with van der Waals surface area (Å²) in [6.45, 7) is 0. The molecule has 1 atom stereocenters. The fourth-order valence-corrected chi connectivity index (χ4v) is 2.04. The second-order valence-electron chi connectivity index (χ2n) is 3.03. The lowest BCUT2D eigenvalue weighted by molar-refractivity contribution is 0.0981. The first-order chi connectivity index (χ1) is 5.79. The van der Waals surface area contributed by atoms with Crippen molar-refractivity contribution in [2.24, 2.45) is 0 Å². The Labute approximate surface area is 79.9 Å². The van der Waals surface area contributed by atoms with Crippen LogP contribution in [0.4, 0.5) is 0 Å². The number of aryl methyl sites for hydroxylation is 1. The van der Waals surface area contributed by atoms with E-state index in [0.29, 0.717) is 0 Å². The minimum absolute atomic E-state index is 0.0346. The zero-order valence-corrected chi connectivity index (χ0v) is 8.17. The van der Waals surface area contributed by atoms with Crippen LogP contribution in [0, 0.1) is 0 Å². The van der Waals surface area contributed by atoms with Crippen LogP contribution in [0.15, 0.2) is 24.3 Å². The van der Waals surface area contributed by atoms with Crippen molar-refractivity contribution < 1.29 is 4.79 Å². The molecule has 1 aromatic rings. The summed E-state index contributed by atoms with van der Waals surface area (Å²) in [5.74, 6) is 0.233. The van der Waals surface area contributed by atoms with Crippen LogP contribution >= 0.6 is 15.9 Å². The van der Waals surface area contributed by atoms with Crippen LogP contribution < -0.4 is 0 Å². The highest BCUT2D eigenvalue weighted by Crippen LogP contribution is 2.25. The van der Waals surface area contributed by atoms with Gasteiger partial charge in [-0.2, -0.15) is 0 Å². The van der Waals surface area contributed by atoms with E-state index in [1.54, 1.807) is 0 Å². The van der Waals surface area contributed by atoms with E-state index in [0.717, 1.165) is 18.4 Å². The molecule has 0 saturated heterocycles. The maximum Gasteiger partial charge on any atom is 0.176 e. The van der Waals surface area contributed by atoms with Crippen molar-refractivity contribution >= 4 is 21.7 Å². The Morgan fingerprint density at radius 3 is 2.92 bits per heavy atom. The number of Topliss-reactive ketones (excluding diaryl/α,β-unsaturated/α-hetero) is 1. The summed E-state index contributed by atoms with van der Waals surface area (Å²) in [6, 6.07) is 7.85. The fourth-order valence-electron chi connectivity index (χ4n) is 1.56. The van der Waals surface area contributed by atoms with Crippen molar-refractivity contribution in [3.05, 3.63) is 35.4 Å². The highest BCUT2D eigenvalue weighted by Gasteiger charge is 2.23. The van der Waals surface area contributed by atoms with E-state index in [1.165, 1.54) is 5.56 Å². The van der Waals surface area contributed by atoms with E-state index in [4.69, 9.17) is 0 Å². The number of hydrogen-bond acceptors (Lipinski definition) is 1. The van der Waals surface area contributed by atoms with E-state index >= 15 is 0 Å². The molecule has 62 valence electrons. The molecule has 0 saturated carbocycles. The molecule has 0 heterocycles. The van der Waals surface area contributed by atoms with Gasteiger partial charge in [-0.05, 0) is 18.4 Å². The van der Waals surface area contributed by atoms with Crippen LogP contribution in [0.25, 0.3) is 0 Å². The average molecular weight is 225 g/mol. The molecular weight excluding hydrogens is 216 g/mol. The van der Waals surface area contributed by atoms with Gasteiger partial charge in [-0.15, -0.1) is 0 Å². The number of hydrogen-bond donors (Lipinski definition) is 0. The molecule has 1 nitrogen and oxygen atoms in total. The number of rotatable bonds is 0. The van der Waals surface area contributed by atoms with Crippen LogP contribution in [-0.2, 0) is 6.42 Å². The van der Waals surface area contributed by atoms with Gasteiger partial charge in [0, 0.05) is 5.56 Å². The van der Waals surface area contributed by atoms with Crippen molar-refractivity contribution in [2.75, 3.05) is 0 Å². The second kappa shape index (κ2) is 3.02. The van der Waals surface area contributed by atoms with Crippen molar-refractivity contribution in [1.82, 2.24) is 0 Å². The van der Waals surface area contributed by atoms with E-state index < -0.39 is 0 Å². The molecule has 0 aliphatic heterocycles. The molecule has 0 amide bonds. The first-order valence-electron chi connectivity index (χ1n) is 4.05. The normalized spacial score (nSPS) is 22.1. The van der Waals surface area contributed by atoms with Gasteiger partial charge in [-0.25, -0.2) is 0 Å². The minimum Gasteiger partial charge on any atom is -0.293 e. The number of fused-ring (bicyclic) bond motifs is 1. The number of carbonyl (C=O) groups excluding carboxylic acids is 1. The van der Waals surface area contributed by atoms with Gasteiger partial charge in [-0.3, -0.25) is 4.79 Å². The Kier molecular flexibility index (Phi) is 2.01. The van der Waals surface area contributed by atoms with Gasteiger partial charge in [-0.1, -0.05) is 40.2 Å². The second-order valence-corrected chi connectivity index (χ2v) is 4.13. The molecule has 1 aliphatic rings. The molecule has 0 radical (unpaired) electrons. The van der Waals surface area contributed by atoms with Gasteiger partial charge in [0.2, 0.25) is 0 Å². The third kappa shape index (κ3) is 1.20. The summed E-state index contributed by atoms with van der Waals surface area (Å²) in [7, 11) is 0. The molecule has 0 spiro atoms. The zero-order valence-electron chi connectivity index (χ0n) is 6.59. The summed E-state index contributed by atoms with van der Waals surface area (Å²) in [5.41, 5.74) is 2.09. The lowest BCUT2D eigenvalue weighted by atomic mass is 9.91. The summed E-state index contributed by atoms with van der Waals surface area (Å²) < 4.78 is 0. The largest absolute Gasteiger partial charge is 0.293 e. The summed E-state index contributed by atoms with van der Waals surface area (Å²) >= 11 is 3.37. The van der Waals surface area contributed by atoms with Gasteiger partial charge in [0.1, 0.15) is 0 Å².